The maximum absolute atomic E-state index is 10.1. The van der Waals surface area contributed by atoms with Crippen LogP contribution in [0.5, 0.6) is 11.5 Å². The normalized spacial score (nSPS) is 13.7. The minimum Gasteiger partial charge on any atom is -0.504 e. The third-order valence-corrected chi connectivity index (χ3v) is 3.44. The standard InChI is InChI=1S/C16H24O6/c1-3-4-13-10(5-11(19)8-17)6-15(21)16(22-2)14(13)7-12(20)9-18/h3,6,11-12,17-21H,1,4-5,7-9H2,2H3. The highest BCUT2D eigenvalue weighted by Gasteiger charge is 2.21. The number of ether oxygens (including phenoxy) is 1. The zero-order valence-electron chi connectivity index (χ0n) is 12.7. The maximum atomic E-state index is 10.1. The van der Waals surface area contributed by atoms with Crippen LogP contribution in [0.2, 0.25) is 0 Å². The first-order valence-corrected chi connectivity index (χ1v) is 7.07. The molecule has 0 fully saturated rings. The molecule has 0 spiro atoms. The van der Waals surface area contributed by atoms with Gasteiger partial charge in [0.1, 0.15) is 0 Å². The number of aliphatic hydroxyl groups is 4. The summed E-state index contributed by atoms with van der Waals surface area (Å²) in [6.07, 6.45) is 0.410. The van der Waals surface area contributed by atoms with E-state index in [2.05, 4.69) is 6.58 Å². The van der Waals surface area contributed by atoms with Crippen molar-refractivity contribution in [3.05, 3.63) is 35.4 Å². The molecule has 0 aliphatic rings. The molecule has 0 saturated heterocycles. The highest BCUT2D eigenvalue weighted by molar-refractivity contribution is 5.55. The number of rotatable bonds is 9. The van der Waals surface area contributed by atoms with E-state index in [4.69, 9.17) is 14.9 Å². The first-order valence-electron chi connectivity index (χ1n) is 7.07. The molecule has 0 aromatic heterocycles. The van der Waals surface area contributed by atoms with E-state index in [0.29, 0.717) is 17.5 Å². The number of phenols is 1. The Hall–Kier alpha value is -1.60. The van der Waals surface area contributed by atoms with Gasteiger partial charge in [0, 0.05) is 18.4 Å². The van der Waals surface area contributed by atoms with Gasteiger partial charge in [0.15, 0.2) is 11.5 Å². The van der Waals surface area contributed by atoms with Crippen LogP contribution in [0.1, 0.15) is 16.7 Å². The third-order valence-electron chi connectivity index (χ3n) is 3.44. The van der Waals surface area contributed by atoms with Gasteiger partial charge in [0.2, 0.25) is 0 Å². The summed E-state index contributed by atoms with van der Waals surface area (Å²) in [6, 6.07) is 1.48. The summed E-state index contributed by atoms with van der Waals surface area (Å²) in [7, 11) is 1.41. The Morgan fingerprint density at radius 2 is 1.73 bits per heavy atom. The average Bonchev–Trinajstić information content (AvgIpc) is 2.50. The van der Waals surface area contributed by atoms with Crippen LogP contribution in [-0.2, 0) is 19.3 Å². The van der Waals surface area contributed by atoms with Gasteiger partial charge in [0.25, 0.3) is 0 Å². The number of aromatic hydroxyl groups is 1. The summed E-state index contributed by atoms with van der Waals surface area (Å²) in [4.78, 5) is 0. The number of methoxy groups -OCH3 is 1. The van der Waals surface area contributed by atoms with Crippen molar-refractivity contribution in [3.8, 4) is 11.5 Å². The maximum Gasteiger partial charge on any atom is 0.164 e. The predicted molar refractivity (Wildman–Crippen MR) is 82.2 cm³/mol. The number of phenolic OH excluding ortho intramolecular Hbond substituents is 1. The Morgan fingerprint density at radius 1 is 1.14 bits per heavy atom. The molecular formula is C16H24O6. The molecule has 0 amide bonds. The minimum atomic E-state index is -0.991. The van der Waals surface area contributed by atoms with Gasteiger partial charge in [-0.05, 0) is 23.6 Å². The topological polar surface area (TPSA) is 110 Å². The average molecular weight is 312 g/mol. The van der Waals surface area contributed by atoms with Crippen molar-refractivity contribution in [1.29, 1.82) is 0 Å². The van der Waals surface area contributed by atoms with Crippen molar-refractivity contribution in [2.75, 3.05) is 20.3 Å². The van der Waals surface area contributed by atoms with Gasteiger partial charge >= 0.3 is 0 Å². The van der Waals surface area contributed by atoms with Gasteiger partial charge in [-0.25, -0.2) is 0 Å². The molecule has 6 nitrogen and oxygen atoms in total. The molecule has 0 bridgehead atoms. The molecule has 2 unspecified atom stereocenters. The lowest BCUT2D eigenvalue weighted by molar-refractivity contribution is 0.0935. The van der Waals surface area contributed by atoms with Gasteiger partial charge < -0.3 is 30.3 Å². The molecule has 22 heavy (non-hydrogen) atoms. The van der Waals surface area contributed by atoms with Gasteiger partial charge in [0.05, 0.1) is 32.5 Å². The molecule has 0 radical (unpaired) electrons. The molecule has 1 aromatic rings. The second-order valence-corrected chi connectivity index (χ2v) is 5.12. The highest BCUT2D eigenvalue weighted by atomic mass is 16.5. The van der Waals surface area contributed by atoms with Crippen LogP contribution in [0.4, 0.5) is 0 Å². The van der Waals surface area contributed by atoms with Crippen molar-refractivity contribution >= 4 is 0 Å². The lowest BCUT2D eigenvalue weighted by Crippen LogP contribution is -2.20. The van der Waals surface area contributed by atoms with E-state index in [1.807, 2.05) is 0 Å². The Kier molecular flexibility index (Phi) is 7.34. The highest BCUT2D eigenvalue weighted by Crippen LogP contribution is 2.37. The summed E-state index contributed by atoms with van der Waals surface area (Å²) < 4.78 is 5.21. The van der Waals surface area contributed by atoms with Crippen molar-refractivity contribution in [2.24, 2.45) is 0 Å². The number of hydrogen-bond donors (Lipinski definition) is 5. The summed E-state index contributed by atoms with van der Waals surface area (Å²) >= 11 is 0. The van der Waals surface area contributed by atoms with Crippen molar-refractivity contribution in [2.45, 2.75) is 31.5 Å². The fourth-order valence-electron chi connectivity index (χ4n) is 2.45. The molecule has 124 valence electrons. The lowest BCUT2D eigenvalue weighted by atomic mass is 9.90. The van der Waals surface area contributed by atoms with Crippen molar-refractivity contribution < 1.29 is 30.3 Å². The number of allylic oxidation sites excluding steroid dienone is 1. The van der Waals surface area contributed by atoms with Crippen LogP contribution in [0.25, 0.3) is 0 Å². The Labute approximate surface area is 129 Å². The monoisotopic (exact) mass is 312 g/mol. The van der Waals surface area contributed by atoms with E-state index in [-0.39, 0.29) is 24.3 Å². The number of aliphatic hydroxyl groups excluding tert-OH is 4. The van der Waals surface area contributed by atoms with Gasteiger partial charge in [-0.2, -0.15) is 0 Å². The molecule has 0 saturated carbocycles. The Bertz CT molecular complexity index is 500. The first kappa shape index (κ1) is 18.4. The third kappa shape index (κ3) is 4.45. The lowest BCUT2D eigenvalue weighted by Gasteiger charge is -2.21. The zero-order valence-corrected chi connectivity index (χ0v) is 12.7. The molecule has 5 N–H and O–H groups in total. The van der Waals surface area contributed by atoms with Crippen LogP contribution in [0.3, 0.4) is 0 Å². The van der Waals surface area contributed by atoms with Crippen LogP contribution in [0, 0.1) is 0 Å². The second kappa shape index (κ2) is 8.75. The number of hydrogen-bond acceptors (Lipinski definition) is 6. The molecule has 2 atom stereocenters. The van der Waals surface area contributed by atoms with Gasteiger partial charge in [-0.15, -0.1) is 6.58 Å². The quantitative estimate of drug-likeness (QED) is 0.408. The molecule has 1 aromatic carbocycles. The minimum absolute atomic E-state index is 0.0967. The summed E-state index contributed by atoms with van der Waals surface area (Å²) in [5.74, 6) is 0.113. The Morgan fingerprint density at radius 3 is 2.23 bits per heavy atom. The van der Waals surface area contributed by atoms with E-state index >= 15 is 0 Å². The predicted octanol–water partition coefficient (Wildman–Crippen LogP) is -0.0793. The number of benzene rings is 1. The summed E-state index contributed by atoms with van der Waals surface area (Å²) in [5.41, 5.74) is 1.95. The molecule has 1 rings (SSSR count). The van der Waals surface area contributed by atoms with Crippen LogP contribution in [-0.4, -0.2) is 58.1 Å². The van der Waals surface area contributed by atoms with E-state index < -0.39 is 25.4 Å². The largest absolute Gasteiger partial charge is 0.504 e. The SMILES string of the molecule is C=CCc1c(CC(O)CO)cc(O)c(OC)c1CC(O)CO. The van der Waals surface area contributed by atoms with Gasteiger partial charge in [-0.1, -0.05) is 6.08 Å². The zero-order chi connectivity index (χ0) is 16.7. The van der Waals surface area contributed by atoms with E-state index in [1.54, 1.807) is 6.08 Å². The first-order chi connectivity index (χ1) is 10.5. The van der Waals surface area contributed by atoms with Crippen LogP contribution >= 0.6 is 0 Å². The molecule has 0 aliphatic heterocycles. The molecule has 6 heteroatoms. The van der Waals surface area contributed by atoms with Crippen molar-refractivity contribution in [3.63, 3.8) is 0 Å². The Balaban J connectivity index is 3.41. The van der Waals surface area contributed by atoms with Gasteiger partial charge in [-0.3, -0.25) is 0 Å². The fourth-order valence-corrected chi connectivity index (χ4v) is 2.45. The molecular weight excluding hydrogens is 288 g/mol. The van der Waals surface area contributed by atoms with Crippen LogP contribution < -0.4 is 4.74 Å². The molecule has 0 heterocycles. The van der Waals surface area contributed by atoms with E-state index in [1.165, 1.54) is 13.2 Å². The second-order valence-electron chi connectivity index (χ2n) is 5.12. The smallest absolute Gasteiger partial charge is 0.164 e. The van der Waals surface area contributed by atoms with E-state index in [0.717, 1.165) is 5.56 Å². The fraction of sp³-hybridized carbons (Fsp3) is 0.500. The summed E-state index contributed by atoms with van der Waals surface area (Å²) in [6.45, 7) is 2.88. The van der Waals surface area contributed by atoms with Crippen molar-refractivity contribution in [1.82, 2.24) is 0 Å². The summed E-state index contributed by atoms with van der Waals surface area (Å²) in [5, 5.41) is 47.6. The van der Waals surface area contributed by atoms with E-state index in [9.17, 15) is 15.3 Å². The molecule has 0 aliphatic carbocycles. The van der Waals surface area contributed by atoms with Crippen LogP contribution in [0.15, 0.2) is 18.7 Å².